The lowest BCUT2D eigenvalue weighted by molar-refractivity contribution is 0.389. The molecule has 8 nitrogen and oxygen atoms in total. The molecule has 4 N–H and O–H groups in total. The van der Waals surface area contributed by atoms with Crippen LogP contribution in [-0.4, -0.2) is 34.4 Å². The van der Waals surface area contributed by atoms with Crippen molar-refractivity contribution in [1.82, 2.24) is 9.97 Å². The molecule has 0 spiro atoms. The molecule has 152 valence electrons. The lowest BCUT2D eigenvalue weighted by atomic mass is 9.83. The molecule has 2 heterocycles. The van der Waals surface area contributed by atoms with Crippen LogP contribution in [0.2, 0.25) is 0 Å². The van der Waals surface area contributed by atoms with Crippen molar-refractivity contribution in [1.29, 1.82) is 0 Å². The minimum absolute atomic E-state index is 0.0181. The van der Waals surface area contributed by atoms with Crippen molar-refractivity contribution in [3.8, 4) is 23.0 Å². The normalized spacial score (nSPS) is 11.9. The Labute approximate surface area is 166 Å². The van der Waals surface area contributed by atoms with Crippen LogP contribution < -0.4 is 20.6 Å². The summed E-state index contributed by atoms with van der Waals surface area (Å²) in [4.78, 5) is 29.9. The van der Waals surface area contributed by atoms with Gasteiger partial charge in [0.05, 0.1) is 25.7 Å². The first-order valence-corrected chi connectivity index (χ1v) is 8.84. The molecule has 0 aliphatic carbocycles. The minimum Gasteiger partial charge on any atom is -0.507 e. The van der Waals surface area contributed by atoms with Gasteiger partial charge in [-0.3, -0.25) is 9.59 Å². The molecule has 0 amide bonds. The Kier molecular flexibility index (Phi) is 5.36. The van der Waals surface area contributed by atoms with Crippen LogP contribution in [0, 0.1) is 13.8 Å². The molecule has 3 aromatic rings. The van der Waals surface area contributed by atoms with Crippen LogP contribution in [0.15, 0.2) is 39.9 Å². The van der Waals surface area contributed by atoms with Gasteiger partial charge >= 0.3 is 0 Å². The first kappa shape index (κ1) is 20.1. The Bertz CT molecular complexity index is 1150. The number of aromatic hydroxyl groups is 2. The molecular formula is C21H22N2O6. The number of aromatic nitrogens is 2. The number of benzene rings is 1. The van der Waals surface area contributed by atoms with Crippen LogP contribution in [0.4, 0.5) is 0 Å². The van der Waals surface area contributed by atoms with Gasteiger partial charge in [0.25, 0.3) is 11.1 Å². The van der Waals surface area contributed by atoms with Crippen molar-refractivity contribution in [2.24, 2.45) is 0 Å². The second-order valence-electron chi connectivity index (χ2n) is 6.68. The fraction of sp³-hybridized carbons (Fsp3) is 0.238. The third kappa shape index (κ3) is 3.69. The standard InChI is InChI=1S/C21H22N2O6/c1-10-7-14(24)20(21(27)22-10)19(18-11(2)23-17(26)9-15(18)25)13-6-5-12(28-3)8-16(13)29-4/h5-9,19H,1-4H3,(H2,22,24,27)(H2,23,25,26). The van der Waals surface area contributed by atoms with Gasteiger partial charge in [-0.15, -0.1) is 0 Å². The predicted octanol–water partition coefficient (Wildman–Crippen LogP) is 2.29. The van der Waals surface area contributed by atoms with Crippen molar-refractivity contribution < 1.29 is 19.7 Å². The summed E-state index contributed by atoms with van der Waals surface area (Å²) in [6, 6.07) is 7.47. The summed E-state index contributed by atoms with van der Waals surface area (Å²) in [5.74, 6) is -0.530. The molecule has 0 fully saturated rings. The Morgan fingerprint density at radius 2 is 1.59 bits per heavy atom. The molecule has 3 rings (SSSR count). The molecule has 0 bridgehead atoms. The monoisotopic (exact) mass is 398 g/mol. The number of methoxy groups -OCH3 is 2. The number of ether oxygens (including phenoxy) is 2. The van der Waals surface area contributed by atoms with Gasteiger partial charge in [0.1, 0.15) is 23.0 Å². The van der Waals surface area contributed by atoms with Crippen LogP contribution in [-0.2, 0) is 0 Å². The molecule has 1 atom stereocenters. The van der Waals surface area contributed by atoms with E-state index in [1.54, 1.807) is 32.0 Å². The quantitative estimate of drug-likeness (QED) is 0.523. The van der Waals surface area contributed by atoms with Gasteiger partial charge in [-0.05, 0) is 26.0 Å². The zero-order valence-electron chi connectivity index (χ0n) is 16.5. The van der Waals surface area contributed by atoms with Crippen molar-refractivity contribution in [2.45, 2.75) is 19.8 Å². The van der Waals surface area contributed by atoms with E-state index in [1.165, 1.54) is 20.3 Å². The molecule has 0 saturated carbocycles. The SMILES string of the molecule is COc1ccc(C(c2c(O)cc(=O)[nH]c2C)c2c(O)cc(C)[nH]c2=O)c(OC)c1. The van der Waals surface area contributed by atoms with E-state index >= 15 is 0 Å². The van der Waals surface area contributed by atoms with Crippen LogP contribution in [0.5, 0.6) is 23.0 Å². The van der Waals surface area contributed by atoms with Crippen molar-refractivity contribution in [3.63, 3.8) is 0 Å². The van der Waals surface area contributed by atoms with Crippen LogP contribution in [0.1, 0.15) is 34.0 Å². The molecule has 29 heavy (non-hydrogen) atoms. The van der Waals surface area contributed by atoms with Crippen LogP contribution >= 0.6 is 0 Å². The van der Waals surface area contributed by atoms with Gasteiger partial charge in [0.2, 0.25) is 0 Å². The van der Waals surface area contributed by atoms with E-state index < -0.39 is 17.0 Å². The number of nitrogens with one attached hydrogen (secondary N) is 2. The highest BCUT2D eigenvalue weighted by molar-refractivity contribution is 5.57. The van der Waals surface area contributed by atoms with Crippen LogP contribution in [0.3, 0.4) is 0 Å². The Morgan fingerprint density at radius 1 is 0.897 bits per heavy atom. The van der Waals surface area contributed by atoms with Gasteiger partial charge in [0.15, 0.2) is 0 Å². The van der Waals surface area contributed by atoms with Gasteiger partial charge < -0.3 is 29.7 Å². The third-order valence-corrected chi connectivity index (χ3v) is 4.77. The highest BCUT2D eigenvalue weighted by atomic mass is 16.5. The topological polar surface area (TPSA) is 125 Å². The van der Waals surface area contributed by atoms with Crippen molar-refractivity contribution in [3.05, 3.63) is 79.1 Å². The lowest BCUT2D eigenvalue weighted by Crippen LogP contribution is -2.21. The Balaban J connectivity index is 2.42. The lowest BCUT2D eigenvalue weighted by Gasteiger charge is -2.23. The van der Waals surface area contributed by atoms with Gasteiger partial charge in [-0.25, -0.2) is 0 Å². The van der Waals surface area contributed by atoms with Gasteiger partial charge in [0, 0.05) is 34.6 Å². The molecule has 1 aromatic carbocycles. The van der Waals surface area contributed by atoms with E-state index in [1.807, 2.05) is 0 Å². The fourth-order valence-electron chi connectivity index (χ4n) is 3.52. The number of hydrogen-bond donors (Lipinski definition) is 4. The number of pyridine rings is 2. The summed E-state index contributed by atoms with van der Waals surface area (Å²) in [7, 11) is 2.98. The smallest absolute Gasteiger partial charge is 0.256 e. The van der Waals surface area contributed by atoms with E-state index in [0.717, 1.165) is 6.07 Å². The average molecular weight is 398 g/mol. The molecule has 2 aromatic heterocycles. The maximum atomic E-state index is 12.8. The van der Waals surface area contributed by atoms with Gasteiger partial charge in [-0.1, -0.05) is 6.07 Å². The van der Waals surface area contributed by atoms with E-state index in [0.29, 0.717) is 28.5 Å². The zero-order valence-corrected chi connectivity index (χ0v) is 16.5. The number of rotatable bonds is 5. The summed E-state index contributed by atoms with van der Waals surface area (Å²) in [6.07, 6.45) is 0. The Morgan fingerprint density at radius 3 is 2.17 bits per heavy atom. The molecule has 0 radical (unpaired) electrons. The van der Waals surface area contributed by atoms with E-state index in [2.05, 4.69) is 9.97 Å². The molecule has 8 heteroatoms. The average Bonchev–Trinajstić information content (AvgIpc) is 2.64. The van der Waals surface area contributed by atoms with Gasteiger partial charge in [-0.2, -0.15) is 0 Å². The number of hydrogen-bond acceptors (Lipinski definition) is 6. The number of aryl methyl sites for hydroxylation is 2. The Hall–Kier alpha value is -3.68. The first-order valence-electron chi connectivity index (χ1n) is 8.84. The minimum atomic E-state index is -0.919. The maximum absolute atomic E-state index is 12.8. The molecule has 0 saturated heterocycles. The second-order valence-corrected chi connectivity index (χ2v) is 6.68. The maximum Gasteiger partial charge on any atom is 0.256 e. The summed E-state index contributed by atoms with van der Waals surface area (Å²) < 4.78 is 10.7. The zero-order chi connectivity index (χ0) is 21.3. The molecule has 0 aliphatic heterocycles. The molecule has 0 aliphatic rings. The summed E-state index contributed by atoms with van der Waals surface area (Å²) >= 11 is 0. The van der Waals surface area contributed by atoms with E-state index in [9.17, 15) is 19.8 Å². The largest absolute Gasteiger partial charge is 0.507 e. The number of H-pyrrole nitrogens is 2. The third-order valence-electron chi connectivity index (χ3n) is 4.77. The van der Waals surface area contributed by atoms with Crippen LogP contribution in [0.25, 0.3) is 0 Å². The van der Waals surface area contributed by atoms with Crippen molar-refractivity contribution in [2.75, 3.05) is 14.2 Å². The molecular weight excluding hydrogens is 376 g/mol. The summed E-state index contributed by atoms with van der Waals surface area (Å²) in [6.45, 7) is 3.26. The van der Waals surface area contributed by atoms with E-state index in [4.69, 9.17) is 9.47 Å². The summed E-state index contributed by atoms with van der Waals surface area (Å²) in [5.41, 5.74) is 0.642. The number of aromatic amines is 2. The fourth-order valence-corrected chi connectivity index (χ4v) is 3.52. The molecule has 1 unspecified atom stereocenters. The van der Waals surface area contributed by atoms with E-state index in [-0.39, 0.29) is 22.6 Å². The summed E-state index contributed by atoms with van der Waals surface area (Å²) in [5, 5.41) is 21.2. The highest BCUT2D eigenvalue weighted by Gasteiger charge is 2.30. The predicted molar refractivity (Wildman–Crippen MR) is 107 cm³/mol. The highest BCUT2D eigenvalue weighted by Crippen LogP contribution is 2.43. The second kappa shape index (κ2) is 7.75. The first-order chi connectivity index (χ1) is 13.8. The van der Waals surface area contributed by atoms with Crippen molar-refractivity contribution >= 4 is 0 Å².